The fraction of sp³-hybridized carbons (Fsp3) is 0.229. The molecule has 8 aromatic carbocycles. The Labute approximate surface area is 503 Å². The molecule has 0 fully saturated rings. The minimum absolute atomic E-state index is 0.161. The van der Waals surface area contributed by atoms with E-state index in [0.29, 0.717) is 98.4 Å². The maximum atomic E-state index is 11.3. The Kier molecular flexibility index (Phi) is 27.1. The summed E-state index contributed by atoms with van der Waals surface area (Å²) in [7, 11) is 3.33. The standard InChI is InChI=1S/2C33H36N2O4.C4H4O4/c2*1-25(19-26-13-16-30(38-2)17-14-26)35(21-27-9-5-3-6-10-27)22-32(37)29-15-18-33(31(20-29)34-24-36)39-23-28-11-7-4-8-12-28;5-3(6)1-2-4(7)8/h2*3-18,20,24-25,32,37H,19,21-23H2,1-2H3,(H,34,36);1-2H,(H,5,6)(H,7,8)/b;;2-1-. The number of carboxylic acid groups (broad SMARTS) is 2. The number of nitrogens with zero attached hydrogens (tertiary/aromatic N) is 2. The topological polar surface area (TPSA) is 217 Å². The van der Waals surface area contributed by atoms with Crippen LogP contribution in [0.2, 0.25) is 0 Å². The number of aliphatic carboxylic acids is 2. The third kappa shape index (κ3) is 22.5. The van der Waals surface area contributed by atoms with Crippen molar-refractivity contribution in [3.05, 3.63) is 263 Å². The molecule has 16 nitrogen and oxygen atoms in total. The molecule has 0 saturated heterocycles. The third-order valence-corrected chi connectivity index (χ3v) is 13.9. The number of nitrogens with one attached hydrogen (secondary N) is 2. The van der Waals surface area contributed by atoms with Crippen molar-refractivity contribution in [1.29, 1.82) is 0 Å². The number of anilines is 2. The lowest BCUT2D eigenvalue weighted by molar-refractivity contribution is -0.134. The van der Waals surface area contributed by atoms with E-state index in [1.165, 1.54) is 22.3 Å². The summed E-state index contributed by atoms with van der Waals surface area (Å²) in [5.74, 6) is 0.254. The predicted octanol–water partition coefficient (Wildman–Crippen LogP) is 11.7. The lowest BCUT2D eigenvalue weighted by atomic mass is 10.0. The van der Waals surface area contributed by atoms with Crippen LogP contribution in [-0.4, -0.2) is 94.4 Å². The second kappa shape index (κ2) is 35.5. The zero-order valence-corrected chi connectivity index (χ0v) is 48.9. The van der Waals surface area contributed by atoms with Crippen LogP contribution < -0.4 is 29.6 Å². The van der Waals surface area contributed by atoms with Crippen LogP contribution in [0.25, 0.3) is 0 Å². The number of aliphatic hydroxyl groups is 2. The Balaban J connectivity index is 0.000000244. The van der Waals surface area contributed by atoms with Crippen LogP contribution in [-0.2, 0) is 58.3 Å². The molecule has 4 atom stereocenters. The van der Waals surface area contributed by atoms with Crippen LogP contribution in [0.15, 0.2) is 218 Å². The average molecular weight is 1170 g/mol. The van der Waals surface area contributed by atoms with Crippen molar-refractivity contribution in [2.75, 3.05) is 37.9 Å². The van der Waals surface area contributed by atoms with Gasteiger partial charge in [-0.25, -0.2) is 9.59 Å². The molecule has 2 amide bonds. The number of aliphatic hydroxyl groups excluding tert-OH is 2. The number of hydrogen-bond acceptors (Lipinski definition) is 12. The summed E-state index contributed by atoms with van der Waals surface area (Å²) in [6.07, 6.45) is 2.50. The van der Waals surface area contributed by atoms with Gasteiger partial charge in [0.25, 0.3) is 0 Å². The quantitative estimate of drug-likeness (QED) is 0.0182. The summed E-state index contributed by atoms with van der Waals surface area (Å²) in [5.41, 5.74) is 9.29. The number of amides is 2. The van der Waals surface area contributed by atoms with Gasteiger partial charge in [-0.2, -0.15) is 0 Å². The SMILES string of the molecule is COc1ccc(CC(C)N(Cc2ccccc2)CC(O)c2ccc(OCc3ccccc3)c(NC=O)c2)cc1.COc1ccc(CC(C)N(Cc2ccccc2)CC(O)c2ccc(OCc3ccccc3)c(NC=O)c2)cc1.O=C(O)/C=C\C(=O)O. The minimum Gasteiger partial charge on any atom is -0.497 e. The first-order chi connectivity index (χ1) is 41.7. The lowest BCUT2D eigenvalue weighted by Gasteiger charge is -2.31. The summed E-state index contributed by atoms with van der Waals surface area (Å²) in [4.78, 5) is 46.3. The highest BCUT2D eigenvalue weighted by molar-refractivity contribution is 5.89. The molecule has 0 aromatic heterocycles. The molecular weight excluding hydrogens is 1090 g/mol. The maximum Gasteiger partial charge on any atom is 0.328 e. The summed E-state index contributed by atoms with van der Waals surface area (Å²) in [6, 6.07) is 67.7. The average Bonchev–Trinajstić information content (AvgIpc) is 3.65. The van der Waals surface area contributed by atoms with Crippen molar-refractivity contribution in [2.24, 2.45) is 0 Å². The number of benzene rings is 8. The van der Waals surface area contributed by atoms with E-state index in [-0.39, 0.29) is 12.1 Å². The first-order valence-electron chi connectivity index (χ1n) is 28.1. The Morgan fingerprint density at radius 2 is 0.779 bits per heavy atom. The van der Waals surface area contributed by atoms with Gasteiger partial charge in [0, 0.05) is 50.4 Å². The van der Waals surface area contributed by atoms with Crippen molar-refractivity contribution in [1.82, 2.24) is 9.80 Å². The van der Waals surface area contributed by atoms with Gasteiger partial charge in [0.05, 0.1) is 37.8 Å². The van der Waals surface area contributed by atoms with Gasteiger partial charge in [-0.1, -0.05) is 158 Å². The molecule has 0 radical (unpaired) electrons. The van der Waals surface area contributed by atoms with Gasteiger partial charge in [0.15, 0.2) is 0 Å². The van der Waals surface area contributed by atoms with Crippen LogP contribution in [0.4, 0.5) is 11.4 Å². The van der Waals surface area contributed by atoms with Crippen molar-refractivity contribution in [2.45, 2.75) is 77.3 Å². The number of rotatable bonds is 30. The molecule has 0 bridgehead atoms. The smallest absolute Gasteiger partial charge is 0.328 e. The molecule has 0 saturated carbocycles. The molecule has 4 unspecified atom stereocenters. The van der Waals surface area contributed by atoms with E-state index < -0.39 is 24.1 Å². The van der Waals surface area contributed by atoms with Gasteiger partial charge in [0.2, 0.25) is 12.8 Å². The number of methoxy groups -OCH3 is 2. The summed E-state index contributed by atoms with van der Waals surface area (Å²) < 4.78 is 22.5. The van der Waals surface area contributed by atoms with Crippen LogP contribution in [0.5, 0.6) is 23.0 Å². The van der Waals surface area contributed by atoms with E-state index in [4.69, 9.17) is 29.2 Å². The molecule has 6 N–H and O–H groups in total. The molecule has 8 rings (SSSR count). The van der Waals surface area contributed by atoms with Gasteiger partial charge in [0.1, 0.15) is 36.2 Å². The Bertz CT molecular complexity index is 3100. The largest absolute Gasteiger partial charge is 0.497 e. The Morgan fingerprint density at radius 1 is 0.453 bits per heavy atom. The van der Waals surface area contributed by atoms with E-state index >= 15 is 0 Å². The zero-order valence-electron chi connectivity index (χ0n) is 48.9. The fourth-order valence-electron chi connectivity index (χ4n) is 9.28. The van der Waals surface area contributed by atoms with Crippen molar-refractivity contribution < 1.29 is 58.6 Å². The maximum absolute atomic E-state index is 11.3. The monoisotopic (exact) mass is 1160 g/mol. The molecule has 448 valence electrons. The van der Waals surface area contributed by atoms with Gasteiger partial charge >= 0.3 is 11.9 Å². The summed E-state index contributed by atoms with van der Waals surface area (Å²) in [6.45, 7) is 7.38. The molecule has 0 heterocycles. The molecule has 0 spiro atoms. The van der Waals surface area contributed by atoms with E-state index in [2.05, 4.69) is 82.8 Å². The molecule has 0 aliphatic rings. The molecule has 86 heavy (non-hydrogen) atoms. The Hall–Kier alpha value is -9.58. The van der Waals surface area contributed by atoms with E-state index in [9.17, 15) is 29.4 Å². The normalized spacial score (nSPS) is 12.2. The molecular formula is C70H76N4O12. The van der Waals surface area contributed by atoms with Gasteiger partial charge in [-0.15, -0.1) is 0 Å². The van der Waals surface area contributed by atoms with Gasteiger partial charge in [-0.05, 0) is 120 Å². The molecule has 16 heteroatoms. The van der Waals surface area contributed by atoms with Crippen LogP contribution in [0.1, 0.15) is 70.6 Å². The van der Waals surface area contributed by atoms with Crippen molar-refractivity contribution >= 4 is 36.1 Å². The van der Waals surface area contributed by atoms with Crippen LogP contribution in [0.3, 0.4) is 0 Å². The number of hydrogen-bond donors (Lipinski definition) is 6. The highest BCUT2D eigenvalue weighted by atomic mass is 16.5. The second-order valence-electron chi connectivity index (χ2n) is 20.3. The summed E-state index contributed by atoms with van der Waals surface area (Å²) in [5, 5.41) is 43.7. The van der Waals surface area contributed by atoms with Crippen LogP contribution in [0, 0.1) is 0 Å². The van der Waals surface area contributed by atoms with Crippen molar-refractivity contribution in [3.63, 3.8) is 0 Å². The minimum atomic E-state index is -1.26. The number of ether oxygens (including phenoxy) is 4. The highest BCUT2D eigenvalue weighted by Gasteiger charge is 2.23. The first-order valence-corrected chi connectivity index (χ1v) is 28.1. The molecule has 0 aliphatic heterocycles. The fourth-order valence-corrected chi connectivity index (χ4v) is 9.28. The van der Waals surface area contributed by atoms with Gasteiger partial charge < -0.3 is 50.0 Å². The first kappa shape index (κ1) is 65.6. The highest BCUT2D eigenvalue weighted by Crippen LogP contribution is 2.32. The third-order valence-electron chi connectivity index (χ3n) is 13.9. The van der Waals surface area contributed by atoms with E-state index in [1.54, 1.807) is 38.5 Å². The lowest BCUT2D eigenvalue weighted by Crippen LogP contribution is -2.37. The molecule has 8 aromatic rings. The van der Waals surface area contributed by atoms with E-state index in [0.717, 1.165) is 35.5 Å². The summed E-state index contributed by atoms with van der Waals surface area (Å²) >= 11 is 0. The predicted molar refractivity (Wildman–Crippen MR) is 334 cm³/mol. The zero-order chi connectivity index (χ0) is 61.5. The number of carbonyl (C=O) groups excluding carboxylic acids is 2. The number of carbonyl (C=O) groups is 4. The number of carboxylic acids is 2. The van der Waals surface area contributed by atoms with Crippen LogP contribution >= 0.6 is 0 Å². The van der Waals surface area contributed by atoms with Crippen molar-refractivity contribution in [3.8, 4) is 23.0 Å². The second-order valence-corrected chi connectivity index (χ2v) is 20.3. The van der Waals surface area contributed by atoms with E-state index in [1.807, 2.05) is 133 Å². The molecule has 0 aliphatic carbocycles. The van der Waals surface area contributed by atoms with Gasteiger partial charge in [-0.3, -0.25) is 19.4 Å². The Morgan fingerprint density at radius 3 is 1.08 bits per heavy atom.